The number of nitriles is 1. The summed E-state index contributed by atoms with van der Waals surface area (Å²) in [7, 11) is 0. The van der Waals surface area contributed by atoms with Crippen molar-refractivity contribution < 1.29 is 4.42 Å². The molecule has 0 atom stereocenters. The molecule has 1 aromatic heterocycles. The summed E-state index contributed by atoms with van der Waals surface area (Å²) in [6.07, 6.45) is 1.76. The topological polar surface area (TPSA) is 36.9 Å². The maximum atomic E-state index is 9.42. The molecule has 0 amide bonds. The number of rotatable bonds is 3. The van der Waals surface area contributed by atoms with Crippen LogP contribution in [0.2, 0.25) is 0 Å². The zero-order valence-corrected chi connectivity index (χ0v) is 16.1. The van der Waals surface area contributed by atoms with Gasteiger partial charge in [-0.2, -0.15) is 5.26 Å². The fourth-order valence-electron chi connectivity index (χ4n) is 2.28. The van der Waals surface area contributed by atoms with E-state index in [1.165, 1.54) is 5.56 Å². The molecule has 118 valence electrons. The number of nitrogens with zero attached hydrogens (tertiary/aromatic N) is 1. The van der Waals surface area contributed by atoms with Gasteiger partial charge in [0.15, 0.2) is 0 Å². The normalized spacial score (nSPS) is 11.3. The molecule has 0 N–H and O–H groups in total. The molecule has 1 heterocycles. The van der Waals surface area contributed by atoms with Crippen molar-refractivity contribution in [3.05, 3.63) is 80.4 Å². The van der Waals surface area contributed by atoms with Crippen LogP contribution in [0.1, 0.15) is 16.9 Å². The van der Waals surface area contributed by atoms with Gasteiger partial charge in [0.05, 0.1) is 11.6 Å². The predicted molar refractivity (Wildman–Crippen MR) is 104 cm³/mol. The molecule has 0 saturated heterocycles. The summed E-state index contributed by atoms with van der Waals surface area (Å²) in [5.74, 6) is 1.43. The average molecular weight is 443 g/mol. The van der Waals surface area contributed by atoms with Gasteiger partial charge in [-0.05, 0) is 54.5 Å². The summed E-state index contributed by atoms with van der Waals surface area (Å²) in [6, 6.07) is 19.7. The van der Waals surface area contributed by atoms with Crippen molar-refractivity contribution in [3.63, 3.8) is 0 Å². The van der Waals surface area contributed by atoms with E-state index in [2.05, 4.69) is 37.9 Å². The van der Waals surface area contributed by atoms with Gasteiger partial charge in [0.1, 0.15) is 11.5 Å². The van der Waals surface area contributed by atoms with Gasteiger partial charge in [-0.15, -0.1) is 0 Å². The van der Waals surface area contributed by atoms with Crippen molar-refractivity contribution in [1.82, 2.24) is 0 Å². The van der Waals surface area contributed by atoms with E-state index in [0.717, 1.165) is 25.8 Å². The summed E-state index contributed by atoms with van der Waals surface area (Å²) in [5, 5.41) is 9.42. The molecule has 0 radical (unpaired) electrons. The zero-order chi connectivity index (χ0) is 17.1. The summed E-state index contributed by atoms with van der Waals surface area (Å²) >= 11 is 6.94. The van der Waals surface area contributed by atoms with Crippen LogP contribution < -0.4 is 0 Å². The molecule has 0 bridgehead atoms. The third-order valence-electron chi connectivity index (χ3n) is 3.65. The van der Waals surface area contributed by atoms with Crippen molar-refractivity contribution in [2.75, 3.05) is 0 Å². The van der Waals surface area contributed by atoms with E-state index in [9.17, 15) is 5.26 Å². The molecular formula is C20H13Br2NO. The lowest BCUT2D eigenvalue weighted by molar-refractivity contribution is 0.572. The Morgan fingerprint density at radius 1 is 1.04 bits per heavy atom. The molecule has 3 aromatic rings. The summed E-state index contributed by atoms with van der Waals surface area (Å²) < 4.78 is 7.91. The summed E-state index contributed by atoms with van der Waals surface area (Å²) in [4.78, 5) is 0. The highest BCUT2D eigenvalue weighted by Gasteiger charge is 2.07. The lowest BCUT2D eigenvalue weighted by Crippen LogP contribution is -1.81. The van der Waals surface area contributed by atoms with Gasteiger partial charge in [0.25, 0.3) is 0 Å². The molecule has 0 aliphatic carbocycles. The van der Waals surface area contributed by atoms with Crippen LogP contribution in [0.25, 0.3) is 23.0 Å². The number of furan rings is 1. The quantitative estimate of drug-likeness (QED) is 0.416. The van der Waals surface area contributed by atoms with Crippen molar-refractivity contribution in [2.45, 2.75) is 6.92 Å². The highest BCUT2D eigenvalue weighted by Crippen LogP contribution is 2.28. The fourth-order valence-corrected chi connectivity index (χ4v) is 2.93. The molecular weight excluding hydrogens is 430 g/mol. The second-order valence-electron chi connectivity index (χ2n) is 5.34. The first kappa shape index (κ1) is 16.8. The average Bonchev–Trinajstić information content (AvgIpc) is 3.05. The second kappa shape index (κ2) is 7.21. The summed E-state index contributed by atoms with van der Waals surface area (Å²) in [5.41, 5.74) is 3.59. The van der Waals surface area contributed by atoms with Crippen LogP contribution >= 0.6 is 31.9 Å². The number of hydrogen-bond donors (Lipinski definition) is 0. The van der Waals surface area contributed by atoms with E-state index >= 15 is 0 Å². The molecule has 0 fully saturated rings. The van der Waals surface area contributed by atoms with Crippen LogP contribution in [0.4, 0.5) is 0 Å². The van der Waals surface area contributed by atoms with Crippen molar-refractivity contribution in [1.29, 1.82) is 5.26 Å². The number of halogens is 2. The third-order valence-corrected chi connectivity index (χ3v) is 5.03. The minimum absolute atomic E-state index is 0.563. The van der Waals surface area contributed by atoms with Gasteiger partial charge in [-0.3, -0.25) is 0 Å². The molecule has 24 heavy (non-hydrogen) atoms. The molecule has 2 aromatic carbocycles. The molecule has 4 heteroatoms. The molecule has 0 aliphatic rings. The Bertz CT molecular complexity index is 947. The van der Waals surface area contributed by atoms with Gasteiger partial charge in [0.2, 0.25) is 0 Å². The largest absolute Gasteiger partial charge is 0.457 e. The smallest absolute Gasteiger partial charge is 0.134 e. The van der Waals surface area contributed by atoms with Gasteiger partial charge in [0, 0.05) is 14.5 Å². The fraction of sp³-hybridized carbons (Fsp3) is 0.0500. The SMILES string of the molecule is Cc1ccc(-c2ccc(/C=C(/C#N)c3ccc(Br)cc3)o2)cc1Br. The molecule has 0 unspecified atom stereocenters. The van der Waals surface area contributed by atoms with Crippen LogP contribution in [-0.2, 0) is 0 Å². The molecule has 0 saturated carbocycles. The summed E-state index contributed by atoms with van der Waals surface area (Å²) in [6.45, 7) is 2.04. The van der Waals surface area contributed by atoms with Crippen molar-refractivity contribution in [3.8, 4) is 17.4 Å². The highest BCUT2D eigenvalue weighted by atomic mass is 79.9. The van der Waals surface area contributed by atoms with Crippen LogP contribution in [0, 0.1) is 18.3 Å². The Balaban J connectivity index is 1.93. The number of aryl methyl sites for hydroxylation is 1. The zero-order valence-electron chi connectivity index (χ0n) is 12.9. The van der Waals surface area contributed by atoms with Gasteiger partial charge in [-0.25, -0.2) is 0 Å². The number of benzene rings is 2. The monoisotopic (exact) mass is 441 g/mol. The van der Waals surface area contributed by atoms with Gasteiger partial charge < -0.3 is 4.42 Å². The van der Waals surface area contributed by atoms with Gasteiger partial charge >= 0.3 is 0 Å². The molecule has 2 nitrogen and oxygen atoms in total. The van der Waals surface area contributed by atoms with Gasteiger partial charge in [-0.1, -0.05) is 56.1 Å². The van der Waals surface area contributed by atoms with Crippen LogP contribution in [-0.4, -0.2) is 0 Å². The van der Waals surface area contributed by atoms with E-state index in [-0.39, 0.29) is 0 Å². The molecule has 3 rings (SSSR count). The first-order valence-electron chi connectivity index (χ1n) is 7.31. The van der Waals surface area contributed by atoms with Crippen LogP contribution in [0.15, 0.2) is 68.0 Å². The minimum atomic E-state index is 0.563. The lowest BCUT2D eigenvalue weighted by atomic mass is 10.1. The lowest BCUT2D eigenvalue weighted by Gasteiger charge is -2.01. The van der Waals surface area contributed by atoms with E-state index in [1.54, 1.807) is 6.08 Å². The Morgan fingerprint density at radius 2 is 1.79 bits per heavy atom. The maximum Gasteiger partial charge on any atom is 0.134 e. The predicted octanol–water partition coefficient (Wildman–Crippen LogP) is 6.84. The Morgan fingerprint density at radius 3 is 2.46 bits per heavy atom. The van der Waals surface area contributed by atoms with E-state index in [0.29, 0.717) is 11.3 Å². The highest BCUT2D eigenvalue weighted by molar-refractivity contribution is 9.10. The van der Waals surface area contributed by atoms with Crippen LogP contribution in [0.3, 0.4) is 0 Å². The van der Waals surface area contributed by atoms with Crippen molar-refractivity contribution in [2.24, 2.45) is 0 Å². The molecule has 0 aliphatic heterocycles. The van der Waals surface area contributed by atoms with Crippen molar-refractivity contribution >= 4 is 43.5 Å². The van der Waals surface area contributed by atoms with E-state index in [4.69, 9.17) is 4.42 Å². The Hall–Kier alpha value is -2.09. The Labute approximate surface area is 157 Å². The first-order valence-corrected chi connectivity index (χ1v) is 8.89. The number of allylic oxidation sites excluding steroid dienone is 1. The maximum absolute atomic E-state index is 9.42. The van der Waals surface area contributed by atoms with E-state index in [1.807, 2.05) is 61.5 Å². The van der Waals surface area contributed by atoms with Crippen LogP contribution in [0.5, 0.6) is 0 Å². The standard InChI is InChI=1S/C20H13Br2NO/c1-13-2-3-15(11-19(13)22)20-9-8-18(24-20)10-16(12-23)14-4-6-17(21)7-5-14/h2-11H,1H3/b16-10-. The van der Waals surface area contributed by atoms with E-state index < -0.39 is 0 Å². The first-order chi connectivity index (χ1) is 11.6. The Kier molecular flexibility index (Phi) is 5.03. The minimum Gasteiger partial charge on any atom is -0.457 e. The third kappa shape index (κ3) is 3.69. The number of hydrogen-bond acceptors (Lipinski definition) is 2. The second-order valence-corrected chi connectivity index (χ2v) is 7.11. The molecule has 0 spiro atoms.